The van der Waals surface area contributed by atoms with Crippen LogP contribution in [0.15, 0.2) is 0 Å². The Kier molecular flexibility index (Phi) is 7.13. The lowest BCUT2D eigenvalue weighted by molar-refractivity contribution is 0.165. The summed E-state index contributed by atoms with van der Waals surface area (Å²) in [5.41, 5.74) is 0. The number of sulfone groups is 1. The van der Waals surface area contributed by atoms with Crippen LogP contribution >= 0.6 is 0 Å². The lowest BCUT2D eigenvalue weighted by Gasteiger charge is -2.13. The highest BCUT2D eigenvalue weighted by Gasteiger charge is 2.13. The van der Waals surface area contributed by atoms with E-state index < -0.39 is 15.9 Å². The second kappa shape index (κ2) is 7.19. The van der Waals surface area contributed by atoms with Crippen molar-refractivity contribution in [1.29, 1.82) is 0 Å². The molecule has 0 aliphatic rings. The van der Waals surface area contributed by atoms with E-state index in [1.54, 1.807) is 0 Å². The summed E-state index contributed by atoms with van der Waals surface area (Å²) < 4.78 is 22.7. The van der Waals surface area contributed by atoms with Gasteiger partial charge in [-0.3, -0.25) is 0 Å². The topological polar surface area (TPSA) is 66.4 Å². The third-order valence-corrected chi connectivity index (χ3v) is 3.93. The maximum absolute atomic E-state index is 11.3. The van der Waals surface area contributed by atoms with Gasteiger partial charge in [-0.2, -0.15) is 0 Å². The molecule has 0 aliphatic heterocycles. The monoisotopic (exact) mass is 237 g/mol. The normalized spacial score (nSPS) is 14.5. The molecule has 92 valence electrons. The Hall–Kier alpha value is -0.130. The van der Waals surface area contributed by atoms with E-state index in [-0.39, 0.29) is 11.5 Å². The molecule has 0 aromatic heterocycles. The quantitative estimate of drug-likeness (QED) is 0.647. The number of nitrogens with one attached hydrogen (secondary N) is 1. The van der Waals surface area contributed by atoms with Crippen molar-refractivity contribution >= 4 is 9.84 Å². The van der Waals surface area contributed by atoms with E-state index in [0.717, 1.165) is 0 Å². The molecule has 2 N–H and O–H groups in total. The van der Waals surface area contributed by atoms with Gasteiger partial charge in [-0.15, -0.1) is 0 Å². The van der Waals surface area contributed by atoms with Crippen molar-refractivity contribution in [2.45, 2.75) is 45.8 Å². The molecule has 0 saturated carbocycles. The van der Waals surface area contributed by atoms with Crippen LogP contribution in [0.1, 0.15) is 33.6 Å². The van der Waals surface area contributed by atoms with Gasteiger partial charge in [-0.1, -0.05) is 20.8 Å². The van der Waals surface area contributed by atoms with Crippen molar-refractivity contribution in [3.8, 4) is 0 Å². The molecule has 1 unspecified atom stereocenters. The first kappa shape index (κ1) is 14.9. The van der Waals surface area contributed by atoms with Gasteiger partial charge in [0.2, 0.25) is 0 Å². The van der Waals surface area contributed by atoms with E-state index in [9.17, 15) is 13.5 Å². The molecule has 0 bridgehead atoms. The largest absolute Gasteiger partial charge is 0.392 e. The number of rotatable bonds is 8. The highest BCUT2D eigenvalue weighted by atomic mass is 32.2. The van der Waals surface area contributed by atoms with Crippen LogP contribution in [0.25, 0.3) is 0 Å². The van der Waals surface area contributed by atoms with Crippen LogP contribution < -0.4 is 5.32 Å². The van der Waals surface area contributed by atoms with Gasteiger partial charge in [0, 0.05) is 18.3 Å². The molecule has 4 nitrogen and oxygen atoms in total. The van der Waals surface area contributed by atoms with E-state index in [4.69, 9.17) is 0 Å². The van der Waals surface area contributed by atoms with Crippen molar-refractivity contribution in [1.82, 2.24) is 5.32 Å². The Labute approximate surface area is 93.0 Å². The third-order valence-electron chi connectivity index (χ3n) is 2.04. The molecule has 15 heavy (non-hydrogen) atoms. The summed E-state index contributed by atoms with van der Waals surface area (Å²) in [6.07, 6.45) is 0.393. The van der Waals surface area contributed by atoms with E-state index >= 15 is 0 Å². The summed E-state index contributed by atoms with van der Waals surface area (Å²) in [6, 6.07) is 0.312. The molecule has 5 heteroatoms. The van der Waals surface area contributed by atoms with Gasteiger partial charge < -0.3 is 10.4 Å². The van der Waals surface area contributed by atoms with Gasteiger partial charge >= 0.3 is 0 Å². The van der Waals surface area contributed by atoms with Gasteiger partial charge in [0.15, 0.2) is 0 Å². The summed E-state index contributed by atoms with van der Waals surface area (Å²) in [5, 5.41) is 12.6. The number of hydrogen-bond acceptors (Lipinski definition) is 4. The fourth-order valence-electron chi connectivity index (χ4n) is 1.20. The van der Waals surface area contributed by atoms with E-state index in [1.807, 2.05) is 20.8 Å². The number of aliphatic hydroxyl groups excluding tert-OH is 1. The van der Waals surface area contributed by atoms with E-state index in [0.29, 0.717) is 25.4 Å². The minimum absolute atomic E-state index is 0.0851. The SMILES string of the molecule is CCCS(=O)(=O)CCC(O)CNC(C)C. The molecule has 0 saturated heterocycles. The highest BCUT2D eigenvalue weighted by molar-refractivity contribution is 7.91. The van der Waals surface area contributed by atoms with Gasteiger partial charge in [0.05, 0.1) is 11.9 Å². The summed E-state index contributed by atoms with van der Waals surface area (Å²) in [4.78, 5) is 0. The molecular formula is C10H23NO3S. The molecule has 1 atom stereocenters. The second-order valence-corrected chi connectivity index (χ2v) is 6.46. The van der Waals surface area contributed by atoms with Crippen molar-refractivity contribution in [2.75, 3.05) is 18.1 Å². The third kappa shape index (κ3) is 8.84. The smallest absolute Gasteiger partial charge is 0.150 e. The first-order chi connectivity index (χ1) is 6.87. The summed E-state index contributed by atoms with van der Waals surface area (Å²) in [7, 11) is -2.95. The van der Waals surface area contributed by atoms with Crippen LogP contribution in [0, 0.1) is 0 Å². The minimum atomic E-state index is -2.95. The van der Waals surface area contributed by atoms with E-state index in [1.165, 1.54) is 0 Å². The minimum Gasteiger partial charge on any atom is -0.392 e. The molecule has 0 fully saturated rings. The maximum atomic E-state index is 11.3. The fraction of sp³-hybridized carbons (Fsp3) is 1.00. The summed E-state index contributed by atoms with van der Waals surface area (Å²) >= 11 is 0. The molecule has 0 rings (SSSR count). The molecule has 0 amide bonds. The molecule has 0 aromatic carbocycles. The number of aliphatic hydroxyl groups is 1. The van der Waals surface area contributed by atoms with Crippen LogP contribution in [0.5, 0.6) is 0 Å². The van der Waals surface area contributed by atoms with Gasteiger partial charge in [-0.05, 0) is 12.8 Å². The lowest BCUT2D eigenvalue weighted by Crippen LogP contribution is -2.33. The first-order valence-corrected chi connectivity index (χ1v) is 7.31. The van der Waals surface area contributed by atoms with Crippen molar-refractivity contribution in [2.24, 2.45) is 0 Å². The number of hydrogen-bond donors (Lipinski definition) is 2. The van der Waals surface area contributed by atoms with Crippen LogP contribution in [0.4, 0.5) is 0 Å². The van der Waals surface area contributed by atoms with Crippen molar-refractivity contribution in [3.63, 3.8) is 0 Å². The molecular weight excluding hydrogens is 214 g/mol. The highest BCUT2D eigenvalue weighted by Crippen LogP contribution is 2.00. The predicted octanol–water partition coefficient (Wildman–Crippen LogP) is 0.560. The molecule has 0 radical (unpaired) electrons. The standard InChI is InChI=1S/C10H23NO3S/c1-4-6-15(13,14)7-5-10(12)8-11-9(2)3/h9-12H,4-8H2,1-3H3. The summed E-state index contributed by atoms with van der Waals surface area (Å²) in [5.74, 6) is 0.305. The van der Waals surface area contributed by atoms with Crippen molar-refractivity contribution in [3.05, 3.63) is 0 Å². The molecule has 0 heterocycles. The Morgan fingerprint density at radius 3 is 2.33 bits per heavy atom. The van der Waals surface area contributed by atoms with Gasteiger partial charge in [0.1, 0.15) is 9.84 Å². The molecule has 0 aliphatic carbocycles. The van der Waals surface area contributed by atoms with Crippen LogP contribution in [-0.4, -0.2) is 43.7 Å². The van der Waals surface area contributed by atoms with Crippen LogP contribution in [0.2, 0.25) is 0 Å². The predicted molar refractivity (Wildman–Crippen MR) is 62.7 cm³/mol. The molecule has 0 aromatic rings. The Balaban J connectivity index is 3.75. The average Bonchev–Trinajstić information content (AvgIpc) is 2.11. The van der Waals surface area contributed by atoms with Gasteiger partial charge in [-0.25, -0.2) is 8.42 Å². The molecule has 0 spiro atoms. The van der Waals surface area contributed by atoms with Gasteiger partial charge in [0.25, 0.3) is 0 Å². The van der Waals surface area contributed by atoms with E-state index in [2.05, 4.69) is 5.32 Å². The van der Waals surface area contributed by atoms with Crippen molar-refractivity contribution < 1.29 is 13.5 Å². The second-order valence-electron chi connectivity index (χ2n) is 4.16. The summed E-state index contributed by atoms with van der Waals surface area (Å²) in [6.45, 7) is 6.27. The Morgan fingerprint density at radius 1 is 1.27 bits per heavy atom. The Morgan fingerprint density at radius 2 is 1.87 bits per heavy atom. The zero-order chi connectivity index (χ0) is 11.9. The fourth-order valence-corrected chi connectivity index (χ4v) is 2.66. The zero-order valence-corrected chi connectivity index (χ0v) is 10.7. The van der Waals surface area contributed by atoms with Crippen LogP contribution in [0.3, 0.4) is 0 Å². The lowest BCUT2D eigenvalue weighted by atomic mass is 10.2. The average molecular weight is 237 g/mol. The zero-order valence-electron chi connectivity index (χ0n) is 9.86. The Bertz CT molecular complexity index is 249. The maximum Gasteiger partial charge on any atom is 0.150 e. The first-order valence-electron chi connectivity index (χ1n) is 5.49. The van der Waals surface area contributed by atoms with Crippen LogP contribution in [-0.2, 0) is 9.84 Å².